The van der Waals surface area contributed by atoms with Crippen molar-refractivity contribution in [1.29, 1.82) is 0 Å². The molecule has 0 bridgehead atoms. The van der Waals surface area contributed by atoms with Crippen LogP contribution in [-0.4, -0.2) is 27.9 Å². The molecule has 1 aliphatic carbocycles. The van der Waals surface area contributed by atoms with E-state index in [0.717, 1.165) is 23.6 Å². The van der Waals surface area contributed by atoms with Gasteiger partial charge in [0.2, 0.25) is 0 Å². The molecular weight excluding hydrogens is 355 g/mol. The van der Waals surface area contributed by atoms with Crippen molar-refractivity contribution in [3.8, 4) is 11.1 Å². The van der Waals surface area contributed by atoms with Crippen LogP contribution in [0.15, 0.2) is 36.7 Å². The van der Waals surface area contributed by atoms with Gasteiger partial charge in [-0.15, -0.1) is 0 Å². The number of hydrogen-bond acceptors (Lipinski definition) is 2. The summed E-state index contributed by atoms with van der Waals surface area (Å²) >= 11 is 0. The second kappa shape index (κ2) is 6.87. The smallest absolute Gasteiger partial charge is 0.341 e. The van der Waals surface area contributed by atoms with E-state index < -0.39 is 18.1 Å². The summed E-state index contributed by atoms with van der Waals surface area (Å²) in [6, 6.07) is 3.86. The maximum atomic E-state index is 12.9. The third-order valence-corrected chi connectivity index (χ3v) is 5.17. The van der Waals surface area contributed by atoms with Crippen molar-refractivity contribution in [1.82, 2.24) is 15.1 Å². The molecule has 144 valence electrons. The maximum absolute atomic E-state index is 12.9. The lowest BCUT2D eigenvalue weighted by atomic mass is 9.77. The molecule has 0 saturated heterocycles. The monoisotopic (exact) mass is 377 g/mol. The number of carbonyl (C=O) groups is 1. The van der Waals surface area contributed by atoms with Crippen LogP contribution in [0.1, 0.15) is 37.8 Å². The molecule has 2 aromatic rings. The average Bonchev–Trinajstić information content (AvgIpc) is 3.03. The number of allylic oxidation sites excluding steroid dienone is 1. The number of aryl methyl sites for hydroxylation is 1. The molecule has 7 heteroatoms. The van der Waals surface area contributed by atoms with E-state index in [1.807, 2.05) is 38.4 Å². The minimum absolute atomic E-state index is 0.0451. The summed E-state index contributed by atoms with van der Waals surface area (Å²) < 4.78 is 40.2. The van der Waals surface area contributed by atoms with Crippen molar-refractivity contribution in [2.75, 3.05) is 0 Å². The van der Waals surface area contributed by atoms with Gasteiger partial charge in [0.1, 0.15) is 6.04 Å². The number of hydrogen-bond donors (Lipinski definition) is 1. The predicted octanol–water partition coefficient (Wildman–Crippen LogP) is 4.29. The summed E-state index contributed by atoms with van der Waals surface area (Å²) in [5, 5.41) is 6.23. The molecule has 0 saturated carbocycles. The second-order valence-electron chi connectivity index (χ2n) is 7.17. The van der Waals surface area contributed by atoms with Crippen LogP contribution in [0.3, 0.4) is 0 Å². The fraction of sp³-hybridized carbons (Fsp3) is 0.400. The molecule has 1 amide bonds. The summed E-state index contributed by atoms with van der Waals surface area (Å²) in [7, 11) is 1.81. The van der Waals surface area contributed by atoms with Gasteiger partial charge in [-0.05, 0) is 41.5 Å². The van der Waals surface area contributed by atoms with Crippen molar-refractivity contribution < 1.29 is 18.0 Å². The molecule has 0 spiro atoms. The van der Waals surface area contributed by atoms with Crippen molar-refractivity contribution in [2.24, 2.45) is 13.0 Å². The molecule has 1 aliphatic rings. The predicted molar refractivity (Wildman–Crippen MR) is 97.9 cm³/mol. The number of amides is 1. The van der Waals surface area contributed by atoms with Crippen molar-refractivity contribution in [2.45, 2.75) is 38.9 Å². The average molecular weight is 377 g/mol. The minimum atomic E-state index is -4.48. The van der Waals surface area contributed by atoms with Gasteiger partial charge in [0.25, 0.3) is 5.91 Å². The number of halogens is 3. The molecule has 3 atom stereocenters. The highest BCUT2D eigenvalue weighted by molar-refractivity contribution is 6.20. The van der Waals surface area contributed by atoms with Gasteiger partial charge >= 0.3 is 6.18 Å². The minimum Gasteiger partial charge on any atom is -0.341 e. The van der Waals surface area contributed by atoms with E-state index in [1.165, 1.54) is 0 Å². The van der Waals surface area contributed by atoms with Gasteiger partial charge in [-0.2, -0.15) is 18.3 Å². The van der Waals surface area contributed by atoms with Crippen molar-refractivity contribution in [3.05, 3.63) is 47.8 Å². The van der Waals surface area contributed by atoms with E-state index in [0.29, 0.717) is 5.56 Å². The third kappa shape index (κ3) is 3.77. The summed E-state index contributed by atoms with van der Waals surface area (Å²) in [6.45, 7) is 4.96. The number of fused-ring (bicyclic) bond motifs is 1. The Morgan fingerprint density at radius 1 is 1.26 bits per heavy atom. The van der Waals surface area contributed by atoms with Crippen LogP contribution < -0.4 is 5.32 Å². The molecule has 0 radical (unpaired) electrons. The zero-order valence-electron chi connectivity index (χ0n) is 15.6. The van der Waals surface area contributed by atoms with Gasteiger partial charge < -0.3 is 5.32 Å². The van der Waals surface area contributed by atoms with Gasteiger partial charge in [-0.25, -0.2) is 0 Å². The molecule has 1 N–H and O–H groups in total. The Kier molecular flexibility index (Phi) is 4.88. The topological polar surface area (TPSA) is 46.9 Å². The first kappa shape index (κ1) is 19.2. The number of carbonyl (C=O) groups excluding carboxylic acids is 1. The Labute approximate surface area is 156 Å². The molecule has 27 heavy (non-hydrogen) atoms. The van der Waals surface area contributed by atoms with Crippen LogP contribution in [0.25, 0.3) is 16.7 Å². The zero-order valence-corrected chi connectivity index (χ0v) is 15.6. The Morgan fingerprint density at radius 2 is 1.96 bits per heavy atom. The molecule has 3 rings (SSSR count). The molecule has 1 aromatic carbocycles. The number of benzene rings is 1. The maximum Gasteiger partial charge on any atom is 0.408 e. The lowest BCUT2D eigenvalue weighted by molar-refractivity contribution is -0.156. The van der Waals surface area contributed by atoms with Crippen LogP contribution in [0.2, 0.25) is 0 Å². The SMILES string of the molecule is CC1C=C(C(=O)N[C@H](C)C(F)(F)F)c2cc(-c3cnn(C)c3)ccc2[C@@H]1C. The van der Waals surface area contributed by atoms with Crippen LogP contribution >= 0.6 is 0 Å². The zero-order chi connectivity index (χ0) is 19.9. The van der Waals surface area contributed by atoms with Gasteiger partial charge in [-0.1, -0.05) is 32.1 Å². The molecule has 0 fully saturated rings. The molecule has 4 nitrogen and oxygen atoms in total. The van der Waals surface area contributed by atoms with Crippen molar-refractivity contribution >= 4 is 11.5 Å². The number of rotatable bonds is 3. The van der Waals surface area contributed by atoms with Gasteiger partial charge in [-0.3, -0.25) is 9.48 Å². The van der Waals surface area contributed by atoms with E-state index >= 15 is 0 Å². The highest BCUT2D eigenvalue weighted by Gasteiger charge is 2.38. The Hall–Kier alpha value is -2.57. The molecule has 1 unspecified atom stereocenters. The van der Waals surface area contributed by atoms with Crippen LogP contribution in [0.4, 0.5) is 13.2 Å². The Morgan fingerprint density at radius 3 is 2.56 bits per heavy atom. The summed E-state index contributed by atoms with van der Waals surface area (Å²) in [6.07, 6.45) is 0.847. The van der Waals surface area contributed by atoms with E-state index in [4.69, 9.17) is 0 Å². The fourth-order valence-corrected chi connectivity index (χ4v) is 3.27. The highest BCUT2D eigenvalue weighted by Crippen LogP contribution is 2.40. The third-order valence-electron chi connectivity index (χ3n) is 5.17. The first-order chi connectivity index (χ1) is 12.6. The Balaban J connectivity index is 2.01. The summed E-state index contributed by atoms with van der Waals surface area (Å²) in [5.74, 6) is -0.494. The first-order valence-electron chi connectivity index (χ1n) is 8.80. The van der Waals surface area contributed by atoms with Crippen LogP contribution in [-0.2, 0) is 11.8 Å². The van der Waals surface area contributed by atoms with Gasteiger partial charge in [0.15, 0.2) is 0 Å². The lowest BCUT2D eigenvalue weighted by Gasteiger charge is -2.29. The van der Waals surface area contributed by atoms with E-state index in [9.17, 15) is 18.0 Å². The summed E-state index contributed by atoms with van der Waals surface area (Å²) in [4.78, 5) is 12.6. The number of nitrogens with one attached hydrogen (secondary N) is 1. The first-order valence-corrected chi connectivity index (χ1v) is 8.80. The van der Waals surface area contributed by atoms with Gasteiger partial charge in [0, 0.05) is 24.4 Å². The largest absolute Gasteiger partial charge is 0.408 e. The molecular formula is C20H22F3N3O. The molecule has 1 aromatic heterocycles. The van der Waals surface area contributed by atoms with Crippen LogP contribution in [0.5, 0.6) is 0 Å². The highest BCUT2D eigenvalue weighted by atomic mass is 19.4. The quantitative estimate of drug-likeness (QED) is 0.867. The second-order valence-corrected chi connectivity index (χ2v) is 7.17. The van der Waals surface area contributed by atoms with E-state index in [-0.39, 0.29) is 17.4 Å². The van der Waals surface area contributed by atoms with Crippen molar-refractivity contribution in [3.63, 3.8) is 0 Å². The fourth-order valence-electron chi connectivity index (χ4n) is 3.27. The molecule has 0 aliphatic heterocycles. The lowest BCUT2D eigenvalue weighted by Crippen LogP contribution is -2.43. The van der Waals surface area contributed by atoms with Gasteiger partial charge in [0.05, 0.1) is 6.20 Å². The Bertz CT molecular complexity index is 898. The number of aromatic nitrogens is 2. The molecule has 1 heterocycles. The number of nitrogens with zero attached hydrogens (tertiary/aromatic N) is 2. The summed E-state index contributed by atoms with van der Waals surface area (Å²) in [5.41, 5.74) is 3.68. The van der Waals surface area contributed by atoms with E-state index in [1.54, 1.807) is 17.0 Å². The number of alkyl halides is 3. The standard InChI is InChI=1S/C20H22F3N3O/c1-11-7-18(19(27)25-13(3)20(21,22)23)17-8-14(5-6-16(17)12(11)2)15-9-24-26(4)10-15/h5-13H,1-4H3,(H,25,27)/t11?,12-,13-/m1/s1. The van der Waals surface area contributed by atoms with Crippen LogP contribution in [0, 0.1) is 5.92 Å². The van der Waals surface area contributed by atoms with E-state index in [2.05, 4.69) is 17.3 Å². The normalized spacial score (nSPS) is 20.6.